The van der Waals surface area contributed by atoms with Crippen molar-refractivity contribution in [2.45, 2.75) is 45.3 Å². The van der Waals surface area contributed by atoms with Crippen LogP contribution in [0.4, 0.5) is 0 Å². The van der Waals surface area contributed by atoms with Crippen molar-refractivity contribution in [1.82, 2.24) is 15.1 Å². The van der Waals surface area contributed by atoms with E-state index in [0.29, 0.717) is 10.9 Å². The van der Waals surface area contributed by atoms with Gasteiger partial charge in [-0.05, 0) is 31.4 Å². The van der Waals surface area contributed by atoms with Gasteiger partial charge >= 0.3 is 0 Å². The highest BCUT2D eigenvalue weighted by Crippen LogP contribution is 2.51. The third kappa shape index (κ3) is 2.56. The Kier molecular flexibility index (Phi) is 4.64. The number of aromatic amines is 1. The van der Waals surface area contributed by atoms with Gasteiger partial charge in [0, 0.05) is 31.0 Å². The van der Waals surface area contributed by atoms with Gasteiger partial charge in [0.25, 0.3) is 5.91 Å². The van der Waals surface area contributed by atoms with Gasteiger partial charge in [0.1, 0.15) is 0 Å². The van der Waals surface area contributed by atoms with Crippen LogP contribution >= 0.6 is 0 Å². The van der Waals surface area contributed by atoms with E-state index in [1.54, 1.807) is 37.3 Å². The van der Waals surface area contributed by atoms with Gasteiger partial charge in [-0.25, -0.2) is 0 Å². The molecular weight excluding hydrogens is 318 g/mol. The number of hydrogen-bond acceptors (Lipinski definition) is 4. The zero-order valence-corrected chi connectivity index (χ0v) is 15.2. The van der Waals surface area contributed by atoms with Gasteiger partial charge in [-0.1, -0.05) is 26.0 Å². The fourth-order valence-corrected chi connectivity index (χ4v) is 4.30. The number of amides is 1. The van der Waals surface area contributed by atoms with E-state index in [1.807, 2.05) is 6.07 Å². The van der Waals surface area contributed by atoms with Crippen molar-refractivity contribution in [3.8, 4) is 0 Å². The van der Waals surface area contributed by atoms with Crippen LogP contribution in [0.1, 0.15) is 43.6 Å². The Morgan fingerprint density at radius 1 is 1.36 bits per heavy atom. The normalized spacial score (nSPS) is 21.8. The minimum atomic E-state index is -0.335. The molecule has 0 spiro atoms. The maximum Gasteiger partial charge on any atom is 0.278 e. The number of ether oxygens (including phenoxy) is 1. The largest absolute Gasteiger partial charge is 0.381 e. The molecule has 0 bridgehead atoms. The molecule has 2 aromatic rings. The second kappa shape index (κ2) is 6.59. The van der Waals surface area contributed by atoms with Crippen LogP contribution in [-0.4, -0.2) is 47.3 Å². The van der Waals surface area contributed by atoms with Gasteiger partial charge in [-0.15, -0.1) is 0 Å². The smallest absolute Gasteiger partial charge is 0.278 e. The molecule has 6 nitrogen and oxygen atoms in total. The number of nitrogens with one attached hydrogen (secondary N) is 1. The lowest BCUT2D eigenvalue weighted by molar-refractivity contribution is -0.147. The molecule has 1 saturated carbocycles. The first-order chi connectivity index (χ1) is 12.0. The molecule has 0 saturated heterocycles. The Balaban J connectivity index is 1.94. The van der Waals surface area contributed by atoms with Gasteiger partial charge in [-0.3, -0.25) is 14.7 Å². The summed E-state index contributed by atoms with van der Waals surface area (Å²) in [6.07, 6.45) is 2.77. The van der Waals surface area contributed by atoms with Crippen LogP contribution in [-0.2, 0) is 4.74 Å². The van der Waals surface area contributed by atoms with Crippen molar-refractivity contribution < 1.29 is 9.53 Å². The highest BCUT2D eigenvalue weighted by atomic mass is 16.5. The zero-order valence-electron chi connectivity index (χ0n) is 15.2. The van der Waals surface area contributed by atoms with Crippen molar-refractivity contribution in [2.75, 3.05) is 14.2 Å². The quantitative estimate of drug-likeness (QED) is 0.905. The zero-order chi connectivity index (χ0) is 18.2. The highest BCUT2D eigenvalue weighted by Gasteiger charge is 2.55. The number of benzene rings is 1. The minimum Gasteiger partial charge on any atom is -0.381 e. The lowest BCUT2D eigenvalue weighted by Crippen LogP contribution is -2.64. The summed E-state index contributed by atoms with van der Waals surface area (Å²) in [6.45, 7) is 4.25. The number of rotatable bonds is 5. The number of nitrogens with zero attached hydrogens (tertiary/aromatic N) is 2. The Hall–Kier alpha value is -2.21. The molecule has 1 heterocycles. The molecule has 1 amide bonds. The van der Waals surface area contributed by atoms with E-state index in [2.05, 4.69) is 24.0 Å². The first-order valence-corrected chi connectivity index (χ1v) is 8.77. The van der Waals surface area contributed by atoms with Gasteiger partial charge < -0.3 is 9.64 Å². The summed E-state index contributed by atoms with van der Waals surface area (Å²) < 4.78 is 5.61. The molecule has 1 N–H and O–H groups in total. The Morgan fingerprint density at radius 2 is 2.04 bits per heavy atom. The first kappa shape index (κ1) is 17.6. The van der Waals surface area contributed by atoms with Crippen molar-refractivity contribution in [2.24, 2.45) is 5.41 Å². The molecular formula is C19H25N3O3. The molecule has 1 aliphatic rings. The number of carbonyl (C=O) groups excluding carboxylic acids is 1. The van der Waals surface area contributed by atoms with Crippen LogP contribution < -0.4 is 5.43 Å². The number of H-pyrrole nitrogens is 1. The number of hydrogen-bond donors (Lipinski definition) is 1. The van der Waals surface area contributed by atoms with Gasteiger partial charge in [-0.2, -0.15) is 5.10 Å². The topological polar surface area (TPSA) is 75.3 Å². The van der Waals surface area contributed by atoms with E-state index in [4.69, 9.17) is 4.74 Å². The van der Waals surface area contributed by atoms with Gasteiger partial charge in [0.05, 0.1) is 11.6 Å². The lowest BCUT2D eigenvalue weighted by Gasteiger charge is -2.57. The summed E-state index contributed by atoms with van der Waals surface area (Å²) in [5.41, 5.74) is 0.185. The third-order valence-electron chi connectivity index (χ3n) is 6.01. The second-order valence-corrected chi connectivity index (χ2v) is 6.78. The summed E-state index contributed by atoms with van der Waals surface area (Å²) in [7, 11) is 3.48. The summed E-state index contributed by atoms with van der Waals surface area (Å²) in [4.78, 5) is 27.3. The van der Waals surface area contributed by atoms with E-state index in [1.165, 1.54) is 0 Å². The number of fused-ring (bicyclic) bond motifs is 1. The van der Waals surface area contributed by atoms with Crippen LogP contribution in [0.25, 0.3) is 10.9 Å². The monoisotopic (exact) mass is 343 g/mol. The molecule has 0 unspecified atom stereocenters. The molecule has 3 rings (SSSR count). The summed E-state index contributed by atoms with van der Waals surface area (Å²) >= 11 is 0. The van der Waals surface area contributed by atoms with E-state index in [0.717, 1.165) is 19.3 Å². The van der Waals surface area contributed by atoms with Crippen LogP contribution in [0.3, 0.4) is 0 Å². The second-order valence-electron chi connectivity index (χ2n) is 6.78. The Morgan fingerprint density at radius 3 is 2.68 bits per heavy atom. The molecule has 1 fully saturated rings. The molecule has 2 atom stereocenters. The minimum absolute atomic E-state index is 0.0487. The van der Waals surface area contributed by atoms with Gasteiger partial charge in [0.2, 0.25) is 5.43 Å². The molecule has 25 heavy (non-hydrogen) atoms. The molecule has 1 aliphatic carbocycles. The molecule has 134 valence electrons. The molecule has 0 radical (unpaired) electrons. The Bertz CT molecular complexity index is 841. The van der Waals surface area contributed by atoms with Crippen LogP contribution in [0.5, 0.6) is 0 Å². The van der Waals surface area contributed by atoms with Crippen molar-refractivity contribution >= 4 is 16.8 Å². The first-order valence-electron chi connectivity index (χ1n) is 8.77. The number of carbonyl (C=O) groups is 1. The van der Waals surface area contributed by atoms with Crippen molar-refractivity contribution in [3.05, 3.63) is 40.2 Å². The number of para-hydroxylation sites is 1. The van der Waals surface area contributed by atoms with Crippen molar-refractivity contribution in [1.29, 1.82) is 0 Å². The fraction of sp³-hybridized carbons (Fsp3) is 0.526. The Labute approximate surface area is 147 Å². The number of aromatic nitrogens is 2. The predicted molar refractivity (Wildman–Crippen MR) is 96.7 cm³/mol. The molecule has 1 aromatic carbocycles. The summed E-state index contributed by atoms with van der Waals surface area (Å²) in [5.74, 6) is -0.335. The molecule has 1 aromatic heterocycles. The van der Waals surface area contributed by atoms with Gasteiger partial charge in [0.15, 0.2) is 5.69 Å². The van der Waals surface area contributed by atoms with E-state index >= 15 is 0 Å². The van der Waals surface area contributed by atoms with E-state index in [9.17, 15) is 9.59 Å². The van der Waals surface area contributed by atoms with E-state index < -0.39 is 0 Å². The summed E-state index contributed by atoms with van der Waals surface area (Å²) in [5, 5.41) is 7.35. The van der Waals surface area contributed by atoms with Crippen LogP contribution in [0, 0.1) is 5.41 Å². The van der Waals surface area contributed by atoms with E-state index in [-0.39, 0.29) is 34.6 Å². The highest BCUT2D eigenvalue weighted by molar-refractivity contribution is 5.95. The summed E-state index contributed by atoms with van der Waals surface area (Å²) in [6, 6.07) is 7.13. The maximum atomic E-state index is 13.0. The van der Waals surface area contributed by atoms with Crippen LogP contribution in [0.15, 0.2) is 29.1 Å². The fourth-order valence-electron chi connectivity index (χ4n) is 4.30. The van der Waals surface area contributed by atoms with Crippen molar-refractivity contribution in [3.63, 3.8) is 0 Å². The lowest BCUT2D eigenvalue weighted by atomic mass is 9.58. The number of methoxy groups -OCH3 is 1. The SMILES string of the molecule is CCC1(CC)[C@@H](OC)C[C@H]1N(C)C(=O)c1n[nH]c2ccccc2c1=O. The average Bonchev–Trinajstić information content (AvgIpc) is 2.62. The molecule has 6 heteroatoms. The van der Waals surface area contributed by atoms with Crippen LogP contribution in [0.2, 0.25) is 0 Å². The maximum absolute atomic E-state index is 13.0. The standard InChI is InChI=1S/C19H25N3O3/c1-5-19(6-2)14(11-15(19)25-4)22(3)18(24)16-17(23)12-9-7-8-10-13(12)20-21-16/h7-10,14-15H,5-6,11H2,1-4H3,(H,20,23)/t14-,15+/m1/s1. The third-order valence-corrected chi connectivity index (χ3v) is 6.01. The predicted octanol–water partition coefficient (Wildman–Crippen LogP) is 2.59. The molecule has 0 aliphatic heterocycles. The average molecular weight is 343 g/mol.